The van der Waals surface area contributed by atoms with E-state index in [0.717, 1.165) is 0 Å². The van der Waals surface area contributed by atoms with Crippen molar-refractivity contribution in [3.8, 4) is 11.5 Å². The zero-order valence-electron chi connectivity index (χ0n) is 13.3. The van der Waals surface area contributed by atoms with Gasteiger partial charge in [-0.1, -0.05) is 11.6 Å². The van der Waals surface area contributed by atoms with Crippen molar-refractivity contribution in [2.24, 2.45) is 0 Å². The molecule has 1 aromatic carbocycles. The van der Waals surface area contributed by atoms with E-state index in [1.165, 1.54) is 19.1 Å². The number of benzene rings is 1. The molecule has 1 aliphatic rings. The molecule has 24 heavy (non-hydrogen) atoms. The molecule has 1 unspecified atom stereocenters. The van der Waals surface area contributed by atoms with E-state index in [2.05, 4.69) is 10.6 Å². The van der Waals surface area contributed by atoms with Gasteiger partial charge in [-0.15, -0.1) is 0 Å². The summed E-state index contributed by atoms with van der Waals surface area (Å²) in [5.41, 5.74) is 0.107. The van der Waals surface area contributed by atoms with Crippen molar-refractivity contribution in [3.63, 3.8) is 0 Å². The summed E-state index contributed by atoms with van der Waals surface area (Å²) in [4.78, 5) is 35.4. The van der Waals surface area contributed by atoms with Crippen molar-refractivity contribution in [1.29, 1.82) is 0 Å². The van der Waals surface area contributed by atoms with Crippen LogP contribution in [0.4, 0.5) is 4.79 Å². The van der Waals surface area contributed by atoms with Crippen LogP contribution in [-0.4, -0.2) is 36.8 Å². The van der Waals surface area contributed by atoms with Crippen molar-refractivity contribution in [2.45, 2.75) is 32.9 Å². The number of imide groups is 1. The van der Waals surface area contributed by atoms with Gasteiger partial charge in [-0.2, -0.15) is 0 Å². The number of halogens is 1. The molecule has 1 atom stereocenters. The Balaban J connectivity index is 1.98. The lowest BCUT2D eigenvalue weighted by atomic mass is 10.2. The Bertz CT molecular complexity index is 676. The first-order valence-corrected chi connectivity index (χ1v) is 7.57. The highest BCUT2D eigenvalue weighted by atomic mass is 35.5. The quantitative estimate of drug-likeness (QED) is 0.798. The van der Waals surface area contributed by atoms with Crippen LogP contribution in [0.25, 0.3) is 0 Å². The molecule has 0 saturated carbocycles. The summed E-state index contributed by atoms with van der Waals surface area (Å²) >= 11 is 5.99. The van der Waals surface area contributed by atoms with Crippen LogP contribution in [0.3, 0.4) is 0 Å². The van der Waals surface area contributed by atoms with Gasteiger partial charge in [0.2, 0.25) is 6.79 Å². The van der Waals surface area contributed by atoms with E-state index in [4.69, 9.17) is 25.8 Å². The molecule has 130 valence electrons. The molecule has 3 amide bonds. The van der Waals surface area contributed by atoms with Crippen molar-refractivity contribution >= 4 is 29.5 Å². The number of esters is 1. The van der Waals surface area contributed by atoms with Crippen LogP contribution in [-0.2, 0) is 9.53 Å². The molecular weight excluding hydrogens is 340 g/mol. The van der Waals surface area contributed by atoms with E-state index in [0.29, 0.717) is 11.5 Å². The van der Waals surface area contributed by atoms with Crippen LogP contribution in [0.15, 0.2) is 12.1 Å². The number of hydrogen-bond donors (Lipinski definition) is 2. The Labute approximate surface area is 143 Å². The van der Waals surface area contributed by atoms with Gasteiger partial charge in [-0.05, 0) is 32.9 Å². The fraction of sp³-hybridized carbons (Fsp3) is 0.400. The predicted octanol–water partition coefficient (Wildman–Crippen LogP) is 1.85. The van der Waals surface area contributed by atoms with Gasteiger partial charge in [0.1, 0.15) is 0 Å². The summed E-state index contributed by atoms with van der Waals surface area (Å²) in [7, 11) is 0. The number of carbonyl (C=O) groups excluding carboxylic acids is 3. The maximum atomic E-state index is 12.1. The average molecular weight is 357 g/mol. The third-order valence-corrected chi connectivity index (χ3v) is 3.25. The molecule has 1 heterocycles. The molecule has 9 heteroatoms. The first-order valence-electron chi connectivity index (χ1n) is 7.19. The van der Waals surface area contributed by atoms with Crippen LogP contribution in [0.5, 0.6) is 11.5 Å². The van der Waals surface area contributed by atoms with Gasteiger partial charge in [0.05, 0.1) is 10.6 Å². The number of hydrogen-bond acceptors (Lipinski definition) is 6. The summed E-state index contributed by atoms with van der Waals surface area (Å²) in [6.07, 6.45) is -1.17. The topological polar surface area (TPSA) is 103 Å². The van der Waals surface area contributed by atoms with Crippen LogP contribution in [0, 0.1) is 0 Å². The van der Waals surface area contributed by atoms with Gasteiger partial charge in [0.25, 0.3) is 5.91 Å². The number of urea groups is 1. The van der Waals surface area contributed by atoms with Crippen LogP contribution in [0.2, 0.25) is 5.02 Å². The first kappa shape index (κ1) is 17.9. The maximum Gasteiger partial charge on any atom is 0.339 e. The minimum absolute atomic E-state index is 0.0112. The average Bonchev–Trinajstić information content (AvgIpc) is 2.94. The largest absolute Gasteiger partial charge is 0.454 e. The normalized spacial score (nSPS) is 13.4. The zero-order valence-corrected chi connectivity index (χ0v) is 14.1. The molecule has 0 fully saturated rings. The summed E-state index contributed by atoms with van der Waals surface area (Å²) in [6, 6.07) is 1.97. The van der Waals surface area contributed by atoms with E-state index in [1.807, 2.05) is 0 Å². The predicted molar refractivity (Wildman–Crippen MR) is 84.3 cm³/mol. The second kappa shape index (κ2) is 7.39. The van der Waals surface area contributed by atoms with Gasteiger partial charge in [0.15, 0.2) is 17.6 Å². The zero-order chi connectivity index (χ0) is 17.9. The van der Waals surface area contributed by atoms with Gasteiger partial charge < -0.3 is 19.5 Å². The Morgan fingerprint density at radius 2 is 1.92 bits per heavy atom. The molecule has 0 aromatic heterocycles. The van der Waals surface area contributed by atoms with Gasteiger partial charge in [-0.25, -0.2) is 9.59 Å². The SMILES string of the molecule is CC(C)NC(=O)NC(=O)C(C)OC(=O)c1cc(Cl)c2c(c1)OCO2. The van der Waals surface area contributed by atoms with E-state index in [1.54, 1.807) is 13.8 Å². The summed E-state index contributed by atoms with van der Waals surface area (Å²) < 4.78 is 15.3. The number of fused-ring (bicyclic) bond motifs is 1. The summed E-state index contributed by atoms with van der Waals surface area (Å²) in [5.74, 6) is -0.845. The van der Waals surface area contributed by atoms with Crippen molar-refractivity contribution in [3.05, 3.63) is 22.7 Å². The Kier molecular flexibility index (Phi) is 5.50. The lowest BCUT2D eigenvalue weighted by molar-refractivity contribution is -0.127. The third-order valence-electron chi connectivity index (χ3n) is 2.97. The molecule has 2 N–H and O–H groups in total. The van der Waals surface area contributed by atoms with Crippen LogP contribution in [0.1, 0.15) is 31.1 Å². The molecule has 0 aliphatic carbocycles. The number of nitrogens with one attached hydrogen (secondary N) is 2. The second-order valence-corrected chi connectivity index (χ2v) is 5.76. The number of rotatable bonds is 4. The Morgan fingerprint density at radius 3 is 2.58 bits per heavy atom. The molecule has 0 saturated heterocycles. The van der Waals surface area contributed by atoms with Crippen molar-refractivity contribution in [1.82, 2.24) is 10.6 Å². The minimum Gasteiger partial charge on any atom is -0.454 e. The molecule has 1 aliphatic heterocycles. The lowest BCUT2D eigenvalue weighted by Gasteiger charge is -2.14. The monoisotopic (exact) mass is 356 g/mol. The van der Waals surface area contributed by atoms with E-state index < -0.39 is 24.0 Å². The maximum absolute atomic E-state index is 12.1. The van der Waals surface area contributed by atoms with Gasteiger partial charge in [-0.3, -0.25) is 10.1 Å². The first-order chi connectivity index (χ1) is 11.3. The fourth-order valence-corrected chi connectivity index (χ4v) is 2.14. The molecule has 0 spiro atoms. The molecule has 2 rings (SSSR count). The number of carbonyl (C=O) groups is 3. The van der Waals surface area contributed by atoms with E-state index in [9.17, 15) is 14.4 Å². The standard InChI is InChI=1S/C15H17ClN2O6/c1-7(2)17-15(21)18-13(19)8(3)24-14(20)9-4-10(16)12-11(5-9)22-6-23-12/h4-5,7-8H,6H2,1-3H3,(H2,17,18,19,21). The molecular formula is C15H17ClN2O6. The smallest absolute Gasteiger partial charge is 0.339 e. The number of ether oxygens (including phenoxy) is 3. The number of amides is 3. The molecule has 1 aromatic rings. The highest BCUT2D eigenvalue weighted by Crippen LogP contribution is 2.39. The van der Waals surface area contributed by atoms with E-state index >= 15 is 0 Å². The van der Waals surface area contributed by atoms with Gasteiger partial charge >= 0.3 is 12.0 Å². The highest BCUT2D eigenvalue weighted by Gasteiger charge is 2.24. The molecule has 0 radical (unpaired) electrons. The second-order valence-electron chi connectivity index (χ2n) is 5.36. The lowest BCUT2D eigenvalue weighted by Crippen LogP contribution is -2.46. The Hall–Kier alpha value is -2.48. The van der Waals surface area contributed by atoms with Crippen LogP contribution < -0.4 is 20.1 Å². The third kappa shape index (κ3) is 4.29. The van der Waals surface area contributed by atoms with Gasteiger partial charge in [0, 0.05) is 6.04 Å². The van der Waals surface area contributed by atoms with E-state index in [-0.39, 0.29) is 23.4 Å². The van der Waals surface area contributed by atoms with Crippen molar-refractivity contribution < 1.29 is 28.6 Å². The highest BCUT2D eigenvalue weighted by molar-refractivity contribution is 6.32. The molecule has 8 nitrogen and oxygen atoms in total. The summed E-state index contributed by atoms with van der Waals surface area (Å²) in [5, 5.41) is 4.77. The Morgan fingerprint density at radius 1 is 1.21 bits per heavy atom. The summed E-state index contributed by atoms with van der Waals surface area (Å²) in [6.45, 7) is 4.86. The minimum atomic E-state index is -1.17. The van der Waals surface area contributed by atoms with Crippen LogP contribution >= 0.6 is 11.6 Å². The molecule has 0 bridgehead atoms. The van der Waals surface area contributed by atoms with Crippen molar-refractivity contribution in [2.75, 3.05) is 6.79 Å². The fourth-order valence-electron chi connectivity index (χ4n) is 1.88.